The lowest BCUT2D eigenvalue weighted by atomic mass is 9.32. The van der Waals surface area contributed by atoms with Crippen molar-refractivity contribution >= 4 is 47.5 Å². The Hall–Kier alpha value is -4.24. The van der Waals surface area contributed by atoms with Crippen molar-refractivity contribution in [1.29, 1.82) is 0 Å². The van der Waals surface area contributed by atoms with Crippen LogP contribution in [0.4, 0.5) is 0 Å². The number of rotatable bonds is 11. The van der Waals surface area contributed by atoms with E-state index in [9.17, 15) is 44.4 Å². The van der Waals surface area contributed by atoms with Gasteiger partial charge >= 0.3 is 23.9 Å². The van der Waals surface area contributed by atoms with Gasteiger partial charge in [0.1, 0.15) is 5.41 Å². The van der Waals surface area contributed by atoms with Crippen molar-refractivity contribution in [2.75, 3.05) is 0 Å². The average Bonchev–Trinajstić information content (AvgIpc) is 3.03. The summed E-state index contributed by atoms with van der Waals surface area (Å²) in [6.45, 7) is 34.0. The van der Waals surface area contributed by atoms with Crippen LogP contribution in [0.1, 0.15) is 196 Å². The second-order valence-electron chi connectivity index (χ2n) is 26.5. The fraction of sp³-hybridized carbons (Fsp3) is 0.846. The predicted octanol–water partition coefficient (Wildman–Crippen LogP) is 7.94. The van der Waals surface area contributed by atoms with Gasteiger partial charge in [0.2, 0.25) is 23.6 Å². The lowest BCUT2D eigenvalue weighted by Crippen LogP contribution is -2.79. The van der Waals surface area contributed by atoms with E-state index in [-0.39, 0.29) is 75.0 Å². The van der Waals surface area contributed by atoms with E-state index in [0.717, 1.165) is 0 Å². The number of hydrogen-bond donors (Lipinski definition) is 4. The molecule has 2 atom stereocenters. The molecule has 0 radical (unpaired) electrons. The molecule has 0 spiro atoms. The number of amides is 4. The Morgan fingerprint density at radius 1 is 0.368 bits per heavy atom. The number of hydrogen-bond acceptors (Lipinski definition) is 8. The zero-order valence-electron chi connectivity index (χ0n) is 45.0. The van der Waals surface area contributed by atoms with E-state index < -0.39 is 115 Å². The van der Waals surface area contributed by atoms with Gasteiger partial charge < -0.3 is 40.0 Å². The van der Waals surface area contributed by atoms with Crippen molar-refractivity contribution < 1.29 is 58.8 Å². The Balaban J connectivity index is 2.53. The van der Waals surface area contributed by atoms with Gasteiger partial charge in [-0.15, -0.1) is 0 Å². The molecule has 0 bridgehead atoms. The Bertz CT molecular complexity index is 1990. The van der Waals surface area contributed by atoms with Crippen molar-refractivity contribution in [1.82, 2.24) is 19.6 Å². The third kappa shape index (κ3) is 8.40. The van der Waals surface area contributed by atoms with Gasteiger partial charge in [0.25, 0.3) is 0 Å². The quantitative estimate of drug-likeness (QED) is 0.155. The molecular weight excluding hydrogens is 873 g/mol. The maximum absolute atomic E-state index is 16.3. The molecule has 4 saturated heterocycles. The van der Waals surface area contributed by atoms with Crippen LogP contribution in [0, 0.1) is 39.9 Å². The highest BCUT2D eigenvalue weighted by molar-refractivity contribution is 5.96. The van der Waals surface area contributed by atoms with E-state index in [0.29, 0.717) is 0 Å². The van der Waals surface area contributed by atoms with Crippen LogP contribution in [0.25, 0.3) is 0 Å². The number of carbonyl (C=O) groups is 8. The van der Waals surface area contributed by atoms with Gasteiger partial charge in [-0.3, -0.25) is 38.4 Å². The molecule has 68 heavy (non-hydrogen) atoms. The maximum atomic E-state index is 16.3. The van der Waals surface area contributed by atoms with Crippen LogP contribution in [0.5, 0.6) is 0 Å². The topological polar surface area (TPSA) is 230 Å². The first-order valence-corrected chi connectivity index (χ1v) is 24.4. The summed E-state index contributed by atoms with van der Waals surface area (Å²) in [6, 6.07) is 0. The van der Waals surface area contributed by atoms with Gasteiger partial charge in [0.15, 0.2) is 0 Å². The molecule has 16 heteroatoms. The molecule has 4 heterocycles. The van der Waals surface area contributed by atoms with E-state index in [1.807, 2.05) is 0 Å². The molecule has 0 aliphatic carbocycles. The molecule has 16 nitrogen and oxygen atoms in total. The second kappa shape index (κ2) is 17.0. The van der Waals surface area contributed by atoms with Crippen molar-refractivity contribution in [3.05, 3.63) is 0 Å². The highest BCUT2D eigenvalue weighted by Gasteiger charge is 2.84. The summed E-state index contributed by atoms with van der Waals surface area (Å²) in [5.41, 5.74) is -18.1. The Morgan fingerprint density at radius 2 is 0.588 bits per heavy atom. The lowest BCUT2D eigenvalue weighted by Gasteiger charge is -2.71. The zero-order chi connectivity index (χ0) is 53.1. The van der Waals surface area contributed by atoms with Crippen LogP contribution in [0.15, 0.2) is 0 Å². The van der Waals surface area contributed by atoms with Crippen molar-refractivity contribution in [2.24, 2.45) is 39.9 Å². The van der Waals surface area contributed by atoms with E-state index in [1.165, 1.54) is 27.7 Å². The van der Waals surface area contributed by atoms with Gasteiger partial charge in [-0.1, -0.05) is 0 Å². The molecule has 4 aliphatic rings. The minimum atomic E-state index is -3.03. The summed E-state index contributed by atoms with van der Waals surface area (Å²) in [5.74, 6) is -13.3. The van der Waals surface area contributed by atoms with Crippen molar-refractivity contribution in [3.8, 4) is 0 Å². The Kier molecular flexibility index (Phi) is 14.1. The number of carbonyl (C=O) groups excluding carboxylic acids is 4. The fourth-order valence-electron chi connectivity index (χ4n) is 18.2. The van der Waals surface area contributed by atoms with Gasteiger partial charge in [-0.2, -0.15) is 0 Å². The predicted molar refractivity (Wildman–Crippen MR) is 256 cm³/mol. The summed E-state index contributed by atoms with van der Waals surface area (Å²) < 4.78 is 0. The number of carboxylic acid groups (broad SMARTS) is 4. The van der Waals surface area contributed by atoms with Crippen LogP contribution in [0.3, 0.4) is 0 Å². The van der Waals surface area contributed by atoms with Gasteiger partial charge in [0, 0.05) is 72.0 Å². The van der Waals surface area contributed by atoms with Crippen molar-refractivity contribution in [2.45, 2.75) is 241 Å². The third-order valence-electron chi connectivity index (χ3n) is 17.5. The molecule has 0 aromatic carbocycles. The molecule has 4 amide bonds. The SMILES string of the molecule is CC(=O)N1C(C)(C)CC(C(CC(=O)O)(C(=O)O)C(C(=O)O)(C2CC(C)(C)N(C(C)=O)C(C)(C)C2)C(C(=O)O)(C2CC(C)(C)N(C(C)=O)C(C)(C)C2)C2CC(C)(C)N(C(C)=O)C(C)(C)C2)CC1(C)C. The molecule has 4 fully saturated rings. The van der Waals surface area contributed by atoms with Gasteiger partial charge in [-0.25, -0.2) is 0 Å². The number of carboxylic acids is 4. The summed E-state index contributed by atoms with van der Waals surface area (Å²) >= 11 is 0. The first kappa shape index (κ1) is 56.3. The second-order valence-corrected chi connectivity index (χ2v) is 26.5. The Morgan fingerprint density at radius 3 is 0.765 bits per heavy atom. The molecule has 386 valence electrons. The molecule has 0 saturated carbocycles. The van der Waals surface area contributed by atoms with Crippen LogP contribution in [-0.4, -0.2) is 132 Å². The van der Waals surface area contributed by atoms with Crippen LogP contribution in [0.2, 0.25) is 0 Å². The summed E-state index contributed by atoms with van der Waals surface area (Å²) in [4.78, 5) is 124. The van der Waals surface area contributed by atoms with Crippen molar-refractivity contribution in [3.63, 3.8) is 0 Å². The minimum absolute atomic E-state index is 0.104. The molecular formula is C52H86N4O12. The normalized spacial score (nSPS) is 26.5. The number of likely N-dealkylation sites (tertiary alicyclic amines) is 4. The molecule has 4 rings (SSSR count). The summed E-state index contributed by atoms with van der Waals surface area (Å²) in [5, 5.41) is 50.4. The van der Waals surface area contributed by atoms with E-state index in [2.05, 4.69) is 0 Å². The fourth-order valence-corrected chi connectivity index (χ4v) is 18.2. The minimum Gasteiger partial charge on any atom is -0.481 e. The van der Waals surface area contributed by atoms with Crippen LogP contribution in [-0.2, 0) is 38.4 Å². The van der Waals surface area contributed by atoms with E-state index in [1.54, 1.807) is 130 Å². The zero-order valence-corrected chi connectivity index (χ0v) is 45.0. The van der Waals surface area contributed by atoms with Crippen LogP contribution >= 0.6 is 0 Å². The first-order valence-electron chi connectivity index (χ1n) is 24.4. The maximum Gasteiger partial charge on any atom is 0.312 e. The molecule has 0 aromatic rings. The average molecular weight is 959 g/mol. The largest absolute Gasteiger partial charge is 0.481 e. The number of piperidine rings is 4. The third-order valence-corrected chi connectivity index (χ3v) is 17.5. The highest BCUT2D eigenvalue weighted by atomic mass is 16.4. The Labute approximate surface area is 405 Å². The first-order chi connectivity index (χ1) is 30.3. The van der Waals surface area contributed by atoms with E-state index >= 15 is 14.4 Å². The highest BCUT2D eigenvalue weighted by Crippen LogP contribution is 2.75. The van der Waals surface area contributed by atoms with E-state index in [4.69, 9.17) is 0 Å². The van der Waals surface area contributed by atoms with Crippen LogP contribution < -0.4 is 0 Å². The standard InChI is InChI=1S/C52H86N4O12/c1-30(57)53-42(5,6)21-34(22-43(53,7)8)50(39(63)64,29-38(61)62)52(41(67)68,37-27-48(17,18)56(33(4)60)49(19,20)28-37)51(40(65)66,35-23-44(9,10)54(31(2)58)45(11,12)24-35)36-25-46(13,14)55(32(3)59)47(15,16)26-36/h34-37H,21-29H2,1-20H3,(H,61,62)(H,63,64)(H,65,66)(H,67,68). The number of aliphatic carboxylic acids is 4. The smallest absolute Gasteiger partial charge is 0.312 e. The monoisotopic (exact) mass is 959 g/mol. The molecule has 2 unspecified atom stereocenters. The summed E-state index contributed by atoms with van der Waals surface area (Å²) in [7, 11) is 0. The molecule has 4 N–H and O–H groups in total. The lowest BCUT2D eigenvalue weighted by molar-refractivity contribution is -0.268. The molecule has 4 aliphatic heterocycles. The van der Waals surface area contributed by atoms with Gasteiger partial charge in [-0.05, 0) is 186 Å². The van der Waals surface area contributed by atoms with Gasteiger partial charge in [0.05, 0.1) is 17.3 Å². The summed E-state index contributed by atoms with van der Waals surface area (Å²) in [6.07, 6.45) is -2.53. The number of nitrogens with zero attached hydrogens (tertiary/aromatic N) is 4. The molecule has 0 aromatic heterocycles.